The molecule has 0 saturated carbocycles. The lowest BCUT2D eigenvalue weighted by atomic mass is 10.1. The Morgan fingerprint density at radius 3 is 3.00 bits per heavy atom. The molecule has 1 aromatic rings. The Kier molecular flexibility index (Phi) is 2.09. The van der Waals surface area contributed by atoms with Crippen molar-refractivity contribution in [2.45, 2.75) is 31.2 Å². The van der Waals surface area contributed by atoms with Crippen LogP contribution in [-0.4, -0.2) is 10.7 Å². The summed E-state index contributed by atoms with van der Waals surface area (Å²) >= 11 is 1.89. The molecular formula is C10H13NS. The van der Waals surface area contributed by atoms with Crippen LogP contribution in [0.4, 0.5) is 0 Å². The number of rotatable bonds is 1. The second-order valence-corrected chi connectivity index (χ2v) is 4.54. The van der Waals surface area contributed by atoms with Crippen molar-refractivity contribution >= 4 is 11.8 Å². The first-order valence-corrected chi connectivity index (χ1v) is 5.38. The Hall–Kier alpha value is -0.500. The third-order valence-corrected chi connectivity index (χ3v) is 3.20. The van der Waals surface area contributed by atoms with Crippen LogP contribution in [0.2, 0.25) is 0 Å². The van der Waals surface area contributed by atoms with Crippen LogP contribution in [0.15, 0.2) is 17.2 Å². The Morgan fingerprint density at radius 2 is 2.25 bits per heavy atom. The van der Waals surface area contributed by atoms with E-state index in [0.717, 1.165) is 0 Å². The average Bonchev–Trinajstić information content (AvgIpc) is 2.49. The van der Waals surface area contributed by atoms with Gasteiger partial charge in [0.1, 0.15) is 0 Å². The van der Waals surface area contributed by atoms with Gasteiger partial charge in [-0.1, -0.05) is 19.9 Å². The monoisotopic (exact) mass is 179 g/mol. The molecule has 2 heterocycles. The van der Waals surface area contributed by atoms with E-state index < -0.39 is 0 Å². The molecule has 0 spiro atoms. The zero-order chi connectivity index (χ0) is 8.55. The molecule has 0 aromatic carbocycles. The summed E-state index contributed by atoms with van der Waals surface area (Å²) in [6.07, 6.45) is 1.20. The molecule has 64 valence electrons. The molecular weight excluding hydrogens is 166 g/mol. The fourth-order valence-electron chi connectivity index (χ4n) is 1.38. The first-order valence-electron chi connectivity index (χ1n) is 4.40. The van der Waals surface area contributed by atoms with Crippen LogP contribution in [0, 0.1) is 0 Å². The Morgan fingerprint density at radius 1 is 1.42 bits per heavy atom. The fourth-order valence-corrected chi connectivity index (χ4v) is 2.42. The van der Waals surface area contributed by atoms with Gasteiger partial charge in [-0.15, -0.1) is 11.8 Å². The van der Waals surface area contributed by atoms with E-state index in [9.17, 15) is 0 Å². The SMILES string of the molecule is CC(C)c1ccc2c(n1)SCC2. The standard InChI is InChI=1S/C10H13NS/c1-7(2)9-4-3-8-5-6-12-10(8)11-9/h3-4,7H,5-6H2,1-2H3. The van der Waals surface area contributed by atoms with Crippen LogP contribution in [-0.2, 0) is 6.42 Å². The zero-order valence-corrected chi connectivity index (χ0v) is 8.32. The molecule has 0 aliphatic carbocycles. The molecule has 1 nitrogen and oxygen atoms in total. The number of hydrogen-bond donors (Lipinski definition) is 0. The number of pyridine rings is 1. The summed E-state index contributed by atoms with van der Waals surface area (Å²) in [4.78, 5) is 4.62. The maximum absolute atomic E-state index is 4.62. The van der Waals surface area contributed by atoms with Crippen molar-refractivity contribution in [3.8, 4) is 0 Å². The van der Waals surface area contributed by atoms with Crippen molar-refractivity contribution in [1.29, 1.82) is 0 Å². The minimum Gasteiger partial charge on any atom is -0.246 e. The van der Waals surface area contributed by atoms with Gasteiger partial charge in [-0.3, -0.25) is 0 Å². The fraction of sp³-hybridized carbons (Fsp3) is 0.500. The quantitative estimate of drug-likeness (QED) is 0.657. The summed E-state index contributed by atoms with van der Waals surface area (Å²) in [5.41, 5.74) is 2.66. The van der Waals surface area contributed by atoms with Crippen LogP contribution >= 0.6 is 11.8 Å². The van der Waals surface area contributed by atoms with Crippen molar-refractivity contribution in [3.05, 3.63) is 23.4 Å². The number of fused-ring (bicyclic) bond motifs is 1. The van der Waals surface area contributed by atoms with E-state index >= 15 is 0 Å². The van der Waals surface area contributed by atoms with Crippen LogP contribution < -0.4 is 0 Å². The normalized spacial score (nSPS) is 15.2. The lowest BCUT2D eigenvalue weighted by Crippen LogP contribution is -1.94. The van der Waals surface area contributed by atoms with Gasteiger partial charge in [0.15, 0.2) is 0 Å². The van der Waals surface area contributed by atoms with E-state index in [1.165, 1.54) is 28.5 Å². The smallest absolute Gasteiger partial charge is 0.0995 e. The molecule has 0 fully saturated rings. The van der Waals surface area contributed by atoms with Crippen molar-refractivity contribution in [1.82, 2.24) is 4.98 Å². The number of aromatic nitrogens is 1. The lowest BCUT2D eigenvalue weighted by Gasteiger charge is -2.05. The topological polar surface area (TPSA) is 12.9 Å². The third kappa shape index (κ3) is 1.36. The van der Waals surface area contributed by atoms with Gasteiger partial charge in [0, 0.05) is 11.4 Å². The summed E-state index contributed by atoms with van der Waals surface area (Å²) in [5, 5.41) is 1.27. The average molecular weight is 179 g/mol. The van der Waals surface area contributed by atoms with Crippen molar-refractivity contribution in [3.63, 3.8) is 0 Å². The highest BCUT2D eigenvalue weighted by Crippen LogP contribution is 2.30. The Bertz CT molecular complexity index is 294. The molecule has 0 amide bonds. The van der Waals surface area contributed by atoms with Crippen LogP contribution in [0.3, 0.4) is 0 Å². The van der Waals surface area contributed by atoms with Gasteiger partial charge in [-0.2, -0.15) is 0 Å². The maximum atomic E-state index is 4.62. The van der Waals surface area contributed by atoms with Crippen LogP contribution in [0.25, 0.3) is 0 Å². The van der Waals surface area contributed by atoms with Gasteiger partial charge < -0.3 is 0 Å². The van der Waals surface area contributed by atoms with E-state index in [4.69, 9.17) is 0 Å². The van der Waals surface area contributed by atoms with Crippen molar-refractivity contribution in [2.24, 2.45) is 0 Å². The second-order valence-electron chi connectivity index (χ2n) is 3.45. The van der Waals surface area contributed by atoms with Gasteiger partial charge in [-0.25, -0.2) is 4.98 Å². The predicted octanol–water partition coefficient (Wildman–Crippen LogP) is 2.85. The predicted molar refractivity (Wildman–Crippen MR) is 52.8 cm³/mol. The molecule has 0 radical (unpaired) electrons. The van der Waals surface area contributed by atoms with Gasteiger partial charge in [0.05, 0.1) is 5.03 Å². The molecule has 1 aliphatic rings. The Labute approximate surface area is 77.6 Å². The Balaban J connectivity index is 2.39. The molecule has 0 N–H and O–H groups in total. The molecule has 0 atom stereocenters. The van der Waals surface area contributed by atoms with Gasteiger partial charge >= 0.3 is 0 Å². The van der Waals surface area contributed by atoms with E-state index in [1.54, 1.807) is 0 Å². The lowest BCUT2D eigenvalue weighted by molar-refractivity contribution is 0.798. The van der Waals surface area contributed by atoms with E-state index in [2.05, 4.69) is 31.0 Å². The highest BCUT2D eigenvalue weighted by Gasteiger charge is 2.13. The van der Waals surface area contributed by atoms with Gasteiger partial charge in [0.2, 0.25) is 0 Å². The molecule has 0 saturated heterocycles. The number of hydrogen-bond acceptors (Lipinski definition) is 2. The highest BCUT2D eigenvalue weighted by molar-refractivity contribution is 7.99. The molecule has 1 aliphatic heterocycles. The van der Waals surface area contributed by atoms with Gasteiger partial charge in [0.25, 0.3) is 0 Å². The first kappa shape index (κ1) is 8.11. The summed E-state index contributed by atoms with van der Waals surface area (Å²) in [6.45, 7) is 4.38. The van der Waals surface area contributed by atoms with Crippen molar-refractivity contribution < 1.29 is 0 Å². The minimum atomic E-state index is 0.552. The first-order chi connectivity index (χ1) is 5.77. The minimum absolute atomic E-state index is 0.552. The second kappa shape index (κ2) is 3.09. The van der Waals surface area contributed by atoms with Crippen LogP contribution in [0.5, 0.6) is 0 Å². The van der Waals surface area contributed by atoms with Crippen molar-refractivity contribution in [2.75, 3.05) is 5.75 Å². The largest absolute Gasteiger partial charge is 0.246 e. The van der Waals surface area contributed by atoms with E-state index in [0.29, 0.717) is 5.92 Å². The number of aryl methyl sites for hydroxylation is 1. The zero-order valence-electron chi connectivity index (χ0n) is 7.50. The third-order valence-electron chi connectivity index (χ3n) is 2.16. The van der Waals surface area contributed by atoms with Crippen LogP contribution in [0.1, 0.15) is 31.0 Å². The van der Waals surface area contributed by atoms with E-state index in [-0.39, 0.29) is 0 Å². The maximum Gasteiger partial charge on any atom is 0.0995 e. The summed E-state index contributed by atoms with van der Waals surface area (Å²) in [6, 6.07) is 4.40. The summed E-state index contributed by atoms with van der Waals surface area (Å²) < 4.78 is 0. The molecule has 0 bridgehead atoms. The highest BCUT2D eigenvalue weighted by atomic mass is 32.2. The number of thioether (sulfide) groups is 1. The molecule has 1 aromatic heterocycles. The summed E-state index contributed by atoms with van der Waals surface area (Å²) in [7, 11) is 0. The summed E-state index contributed by atoms with van der Waals surface area (Å²) in [5.74, 6) is 1.76. The molecule has 2 heteroatoms. The molecule has 2 rings (SSSR count). The molecule has 0 unspecified atom stereocenters. The number of nitrogens with zero attached hydrogens (tertiary/aromatic N) is 1. The molecule has 12 heavy (non-hydrogen) atoms. The van der Waals surface area contributed by atoms with E-state index in [1.807, 2.05) is 11.8 Å². The van der Waals surface area contributed by atoms with Gasteiger partial charge in [-0.05, 0) is 24.0 Å².